The standard InChI is InChI=1S/C18H23NO2/c1-14(2)17-11-16(13-20)12-18(19-17)21-10-6-9-15-7-4-3-5-8-15/h3-5,7-8,11-12,14,20H,6,9-10,13H2,1-2H3. The highest BCUT2D eigenvalue weighted by Crippen LogP contribution is 2.19. The molecule has 2 rings (SSSR count). The number of hydrogen-bond donors (Lipinski definition) is 1. The predicted octanol–water partition coefficient (Wildman–Crippen LogP) is 3.71. The van der Waals surface area contributed by atoms with Gasteiger partial charge in [0.15, 0.2) is 0 Å². The molecule has 0 aliphatic rings. The van der Waals surface area contributed by atoms with Crippen LogP contribution in [-0.4, -0.2) is 16.7 Å². The Bertz CT molecular complexity index is 552. The van der Waals surface area contributed by atoms with E-state index in [-0.39, 0.29) is 6.61 Å². The highest BCUT2D eigenvalue weighted by molar-refractivity contribution is 5.26. The Balaban J connectivity index is 1.89. The van der Waals surface area contributed by atoms with Crippen LogP contribution >= 0.6 is 0 Å². The maximum absolute atomic E-state index is 9.31. The van der Waals surface area contributed by atoms with Gasteiger partial charge in [-0.2, -0.15) is 0 Å². The topological polar surface area (TPSA) is 42.4 Å². The zero-order chi connectivity index (χ0) is 15.1. The summed E-state index contributed by atoms with van der Waals surface area (Å²) < 4.78 is 5.74. The summed E-state index contributed by atoms with van der Waals surface area (Å²) in [5.74, 6) is 0.932. The summed E-state index contributed by atoms with van der Waals surface area (Å²) >= 11 is 0. The van der Waals surface area contributed by atoms with Gasteiger partial charge in [-0.1, -0.05) is 44.2 Å². The van der Waals surface area contributed by atoms with Gasteiger partial charge in [-0.25, -0.2) is 4.98 Å². The Kier molecular flexibility index (Phi) is 5.76. The minimum absolute atomic E-state index is 0.0165. The predicted molar refractivity (Wildman–Crippen MR) is 84.5 cm³/mol. The lowest BCUT2D eigenvalue weighted by Gasteiger charge is -2.11. The molecule has 3 nitrogen and oxygen atoms in total. The Morgan fingerprint density at radius 1 is 1.10 bits per heavy atom. The molecule has 0 unspecified atom stereocenters. The van der Waals surface area contributed by atoms with Gasteiger partial charge >= 0.3 is 0 Å². The number of aliphatic hydroxyl groups excluding tert-OH is 1. The van der Waals surface area contributed by atoms with Crippen LogP contribution in [0.5, 0.6) is 5.88 Å². The van der Waals surface area contributed by atoms with Gasteiger partial charge in [0.1, 0.15) is 0 Å². The van der Waals surface area contributed by atoms with Crippen LogP contribution in [0.15, 0.2) is 42.5 Å². The zero-order valence-corrected chi connectivity index (χ0v) is 12.7. The molecule has 1 heterocycles. The molecule has 0 saturated carbocycles. The van der Waals surface area contributed by atoms with Crippen LogP contribution in [0.25, 0.3) is 0 Å². The summed E-state index contributed by atoms with van der Waals surface area (Å²) in [4.78, 5) is 4.49. The molecule has 1 aromatic heterocycles. The molecule has 0 spiro atoms. The van der Waals surface area contributed by atoms with Gasteiger partial charge in [0, 0.05) is 11.8 Å². The second kappa shape index (κ2) is 7.79. The lowest BCUT2D eigenvalue weighted by molar-refractivity contribution is 0.275. The van der Waals surface area contributed by atoms with E-state index in [1.165, 1.54) is 5.56 Å². The Labute approximate surface area is 126 Å². The molecule has 1 aromatic carbocycles. The summed E-state index contributed by atoms with van der Waals surface area (Å²) in [6.45, 7) is 4.82. The van der Waals surface area contributed by atoms with E-state index in [4.69, 9.17) is 4.74 Å². The fourth-order valence-electron chi connectivity index (χ4n) is 2.14. The highest BCUT2D eigenvalue weighted by atomic mass is 16.5. The van der Waals surface area contributed by atoms with Crippen LogP contribution in [0.3, 0.4) is 0 Å². The molecule has 112 valence electrons. The van der Waals surface area contributed by atoms with Crippen LogP contribution < -0.4 is 4.74 Å². The normalized spacial score (nSPS) is 10.9. The molecule has 0 amide bonds. The first-order valence-corrected chi connectivity index (χ1v) is 7.47. The molecule has 21 heavy (non-hydrogen) atoms. The maximum Gasteiger partial charge on any atom is 0.213 e. The number of aliphatic hydroxyl groups is 1. The van der Waals surface area contributed by atoms with Crippen LogP contribution in [0.2, 0.25) is 0 Å². The second-order valence-corrected chi connectivity index (χ2v) is 5.49. The van der Waals surface area contributed by atoms with Crippen molar-refractivity contribution in [3.8, 4) is 5.88 Å². The molecule has 0 saturated heterocycles. The molecule has 0 radical (unpaired) electrons. The first kappa shape index (κ1) is 15.5. The monoisotopic (exact) mass is 285 g/mol. The van der Waals surface area contributed by atoms with E-state index >= 15 is 0 Å². The number of ether oxygens (including phenoxy) is 1. The van der Waals surface area contributed by atoms with Gasteiger partial charge in [-0.05, 0) is 36.0 Å². The van der Waals surface area contributed by atoms with Crippen LogP contribution in [0.1, 0.15) is 43.0 Å². The number of nitrogens with zero attached hydrogens (tertiary/aromatic N) is 1. The van der Waals surface area contributed by atoms with Crippen molar-refractivity contribution < 1.29 is 9.84 Å². The van der Waals surface area contributed by atoms with Gasteiger partial charge in [0.2, 0.25) is 5.88 Å². The van der Waals surface area contributed by atoms with E-state index in [1.54, 1.807) is 0 Å². The van der Waals surface area contributed by atoms with Crippen LogP contribution in [-0.2, 0) is 13.0 Å². The van der Waals surface area contributed by atoms with Crippen molar-refractivity contribution in [3.63, 3.8) is 0 Å². The third-order valence-corrected chi connectivity index (χ3v) is 3.36. The SMILES string of the molecule is CC(C)c1cc(CO)cc(OCCCc2ccccc2)n1. The number of aromatic nitrogens is 1. The first-order chi connectivity index (χ1) is 10.2. The van der Waals surface area contributed by atoms with E-state index in [9.17, 15) is 5.11 Å². The van der Waals surface area contributed by atoms with Crippen molar-refractivity contribution in [3.05, 3.63) is 59.3 Å². The number of rotatable bonds is 7. The molecule has 2 aromatic rings. The summed E-state index contributed by atoms with van der Waals surface area (Å²) in [5.41, 5.74) is 3.13. The Morgan fingerprint density at radius 3 is 2.52 bits per heavy atom. The fraction of sp³-hybridized carbons (Fsp3) is 0.389. The summed E-state index contributed by atoms with van der Waals surface area (Å²) in [7, 11) is 0. The van der Waals surface area contributed by atoms with E-state index in [2.05, 4.69) is 43.1 Å². The van der Waals surface area contributed by atoms with Crippen LogP contribution in [0, 0.1) is 0 Å². The van der Waals surface area contributed by atoms with E-state index < -0.39 is 0 Å². The largest absolute Gasteiger partial charge is 0.478 e. The fourth-order valence-corrected chi connectivity index (χ4v) is 2.14. The lowest BCUT2D eigenvalue weighted by atomic mass is 10.1. The smallest absolute Gasteiger partial charge is 0.213 e. The number of pyridine rings is 1. The van der Waals surface area contributed by atoms with Crippen molar-refractivity contribution in [1.82, 2.24) is 4.98 Å². The number of hydrogen-bond acceptors (Lipinski definition) is 3. The average molecular weight is 285 g/mol. The summed E-state index contributed by atoms with van der Waals surface area (Å²) in [6, 6.07) is 14.1. The molecule has 0 aliphatic heterocycles. The third-order valence-electron chi connectivity index (χ3n) is 3.36. The maximum atomic E-state index is 9.31. The van der Waals surface area contributed by atoms with Crippen molar-refractivity contribution in [2.45, 2.75) is 39.2 Å². The van der Waals surface area contributed by atoms with Gasteiger partial charge in [0.05, 0.1) is 13.2 Å². The van der Waals surface area contributed by atoms with E-state index in [1.807, 2.05) is 18.2 Å². The van der Waals surface area contributed by atoms with Crippen LogP contribution in [0.4, 0.5) is 0 Å². The zero-order valence-electron chi connectivity index (χ0n) is 12.7. The molecule has 0 fully saturated rings. The molecular weight excluding hydrogens is 262 g/mol. The van der Waals surface area contributed by atoms with Crippen molar-refractivity contribution in [2.24, 2.45) is 0 Å². The van der Waals surface area contributed by atoms with Gasteiger partial charge < -0.3 is 9.84 Å². The third kappa shape index (κ3) is 4.87. The number of benzene rings is 1. The molecule has 1 N–H and O–H groups in total. The van der Waals surface area contributed by atoms with Gasteiger partial charge in [-0.3, -0.25) is 0 Å². The highest BCUT2D eigenvalue weighted by Gasteiger charge is 2.06. The summed E-state index contributed by atoms with van der Waals surface area (Å²) in [5, 5.41) is 9.31. The van der Waals surface area contributed by atoms with Crippen molar-refractivity contribution in [2.75, 3.05) is 6.61 Å². The Hall–Kier alpha value is -1.87. The minimum Gasteiger partial charge on any atom is -0.478 e. The van der Waals surface area contributed by atoms with Gasteiger partial charge in [-0.15, -0.1) is 0 Å². The summed E-state index contributed by atoms with van der Waals surface area (Å²) in [6.07, 6.45) is 1.95. The number of aryl methyl sites for hydroxylation is 1. The minimum atomic E-state index is 0.0165. The van der Waals surface area contributed by atoms with Crippen molar-refractivity contribution in [1.29, 1.82) is 0 Å². The quantitative estimate of drug-likeness (QED) is 0.789. The second-order valence-electron chi connectivity index (χ2n) is 5.49. The molecule has 3 heteroatoms. The average Bonchev–Trinajstić information content (AvgIpc) is 2.52. The molecule has 0 bridgehead atoms. The molecule has 0 atom stereocenters. The molecular formula is C18H23NO2. The lowest BCUT2D eigenvalue weighted by Crippen LogP contribution is -2.04. The van der Waals surface area contributed by atoms with Crippen molar-refractivity contribution >= 4 is 0 Å². The molecule has 0 aliphatic carbocycles. The van der Waals surface area contributed by atoms with E-state index in [0.717, 1.165) is 24.1 Å². The Morgan fingerprint density at radius 2 is 1.86 bits per heavy atom. The van der Waals surface area contributed by atoms with Gasteiger partial charge in [0.25, 0.3) is 0 Å². The van der Waals surface area contributed by atoms with E-state index in [0.29, 0.717) is 18.4 Å². The first-order valence-electron chi connectivity index (χ1n) is 7.47.